The van der Waals surface area contributed by atoms with Crippen molar-refractivity contribution in [3.63, 3.8) is 0 Å². The molecule has 34 heavy (non-hydrogen) atoms. The van der Waals surface area contributed by atoms with E-state index in [2.05, 4.69) is 25.4 Å². The number of benzene rings is 1. The Morgan fingerprint density at radius 3 is 2.76 bits per heavy atom. The molecular weight excluding hydrogens is 446 g/mol. The van der Waals surface area contributed by atoms with Gasteiger partial charge in [-0.2, -0.15) is 10.1 Å². The van der Waals surface area contributed by atoms with Crippen molar-refractivity contribution in [3.05, 3.63) is 59.3 Å². The highest BCUT2D eigenvalue weighted by Crippen LogP contribution is 2.44. The van der Waals surface area contributed by atoms with Crippen molar-refractivity contribution < 1.29 is 23.7 Å². The normalized spacial score (nSPS) is 16.5. The van der Waals surface area contributed by atoms with Crippen LogP contribution in [0.25, 0.3) is 22.6 Å². The number of fused-ring (bicyclic) bond motifs is 2. The Morgan fingerprint density at radius 2 is 2.00 bits per heavy atom. The number of aromatic nitrogens is 5. The van der Waals surface area contributed by atoms with Crippen LogP contribution >= 0.6 is 0 Å². The molecule has 1 aliphatic heterocycles. The van der Waals surface area contributed by atoms with Crippen molar-refractivity contribution in [1.29, 1.82) is 0 Å². The van der Waals surface area contributed by atoms with Crippen LogP contribution < -0.4 is 10.1 Å². The number of ether oxygens (including phenoxy) is 1. The van der Waals surface area contributed by atoms with Gasteiger partial charge in [-0.15, -0.1) is 0 Å². The van der Waals surface area contributed by atoms with E-state index < -0.39 is 23.3 Å². The first kappa shape index (κ1) is 22.1. The zero-order valence-electron chi connectivity index (χ0n) is 18.5. The summed E-state index contributed by atoms with van der Waals surface area (Å²) in [4.78, 5) is 13.2. The molecule has 11 heteroatoms. The van der Waals surface area contributed by atoms with Crippen LogP contribution in [0.3, 0.4) is 0 Å². The molecule has 0 spiro atoms. The van der Waals surface area contributed by atoms with Gasteiger partial charge in [-0.1, -0.05) is 32.0 Å². The van der Waals surface area contributed by atoms with E-state index >= 15 is 0 Å². The summed E-state index contributed by atoms with van der Waals surface area (Å²) in [7, 11) is 0. The largest absolute Gasteiger partial charge is 0.475 e. The molecule has 0 saturated carbocycles. The zero-order valence-corrected chi connectivity index (χ0v) is 18.5. The maximum Gasteiger partial charge on any atom is 0.223 e. The van der Waals surface area contributed by atoms with Gasteiger partial charge >= 0.3 is 0 Å². The molecule has 4 heterocycles. The van der Waals surface area contributed by atoms with Crippen LogP contribution in [0, 0.1) is 11.6 Å². The molecular formula is C23H22F2N6O3. The Hall–Kier alpha value is -3.70. The first-order valence-electron chi connectivity index (χ1n) is 10.7. The monoisotopic (exact) mass is 468 g/mol. The molecule has 0 aliphatic carbocycles. The van der Waals surface area contributed by atoms with Crippen molar-refractivity contribution in [1.82, 2.24) is 24.7 Å². The number of halogens is 2. The molecule has 0 amide bonds. The van der Waals surface area contributed by atoms with Crippen molar-refractivity contribution in [2.45, 2.75) is 32.0 Å². The highest BCUT2D eigenvalue weighted by atomic mass is 19.1. The lowest BCUT2D eigenvalue weighted by molar-refractivity contribution is 0.133. The quantitative estimate of drug-likeness (QED) is 0.395. The molecule has 4 aromatic rings. The Labute approximate surface area is 193 Å². The van der Waals surface area contributed by atoms with E-state index in [1.54, 1.807) is 18.2 Å². The van der Waals surface area contributed by atoms with Gasteiger partial charge < -0.3 is 20.3 Å². The Morgan fingerprint density at radius 1 is 1.21 bits per heavy atom. The van der Waals surface area contributed by atoms with Crippen LogP contribution in [0.2, 0.25) is 0 Å². The Balaban J connectivity index is 1.68. The zero-order chi connectivity index (χ0) is 24.0. The van der Waals surface area contributed by atoms with Gasteiger partial charge in [0.25, 0.3) is 0 Å². The number of pyridine rings is 1. The second kappa shape index (κ2) is 8.26. The summed E-state index contributed by atoms with van der Waals surface area (Å²) >= 11 is 0. The molecule has 5 rings (SSSR count). The number of hydrogen-bond donors (Lipinski definition) is 3. The number of rotatable bonds is 6. The molecule has 0 fully saturated rings. The molecule has 1 unspecified atom stereocenters. The smallest absolute Gasteiger partial charge is 0.223 e. The van der Waals surface area contributed by atoms with E-state index in [1.165, 1.54) is 16.8 Å². The molecule has 1 atom stereocenters. The number of aliphatic hydroxyl groups is 2. The number of nitrogens with one attached hydrogen (secondary N) is 1. The predicted octanol–water partition coefficient (Wildman–Crippen LogP) is 2.61. The van der Waals surface area contributed by atoms with Crippen LogP contribution in [0.4, 0.5) is 14.6 Å². The summed E-state index contributed by atoms with van der Waals surface area (Å²) in [6, 6.07) is 7.55. The van der Waals surface area contributed by atoms with Crippen molar-refractivity contribution in [3.8, 4) is 17.4 Å². The second-order valence-corrected chi connectivity index (χ2v) is 8.54. The Kier molecular flexibility index (Phi) is 5.37. The summed E-state index contributed by atoms with van der Waals surface area (Å²) in [5.74, 6) is -0.356. The summed E-state index contributed by atoms with van der Waals surface area (Å²) < 4.78 is 35.6. The standard InChI is InChI=1S/C23H22F2N6O3/c1-23(2)16-18(29-22(23)33)27-19(28-21(16)34-8-7-32)17-14-9-13(24)10-26-20(14)31(30-17)11-12-5-3-4-6-15(12)25/h3-6,9-10,22,32-33H,7-8,11H2,1-2H3,(H,27,28,29). The van der Waals surface area contributed by atoms with Gasteiger partial charge in [0, 0.05) is 11.0 Å². The summed E-state index contributed by atoms with van der Waals surface area (Å²) in [5, 5.41) is 27.5. The van der Waals surface area contributed by atoms with Gasteiger partial charge in [0.15, 0.2) is 11.5 Å². The van der Waals surface area contributed by atoms with Crippen molar-refractivity contribution in [2.75, 3.05) is 18.5 Å². The average molecular weight is 468 g/mol. The molecule has 0 bridgehead atoms. The van der Waals surface area contributed by atoms with Crippen LogP contribution in [0.15, 0.2) is 36.5 Å². The van der Waals surface area contributed by atoms with Gasteiger partial charge in [-0.25, -0.2) is 23.4 Å². The maximum atomic E-state index is 14.3. The lowest BCUT2D eigenvalue weighted by atomic mass is 9.86. The number of anilines is 1. The molecule has 9 nitrogen and oxygen atoms in total. The summed E-state index contributed by atoms with van der Waals surface area (Å²) in [6.45, 7) is 3.42. The van der Waals surface area contributed by atoms with Gasteiger partial charge in [-0.05, 0) is 12.1 Å². The average Bonchev–Trinajstić information content (AvgIpc) is 3.27. The van der Waals surface area contributed by atoms with Crippen LogP contribution in [-0.4, -0.2) is 54.4 Å². The fraction of sp³-hybridized carbons (Fsp3) is 0.304. The van der Waals surface area contributed by atoms with E-state index in [1.807, 2.05) is 13.8 Å². The third-order valence-corrected chi connectivity index (χ3v) is 5.85. The minimum absolute atomic E-state index is 0.0201. The van der Waals surface area contributed by atoms with Gasteiger partial charge in [0.1, 0.15) is 36.0 Å². The van der Waals surface area contributed by atoms with Gasteiger partial charge in [0.2, 0.25) is 5.88 Å². The van der Waals surface area contributed by atoms with E-state index in [9.17, 15) is 19.0 Å². The fourth-order valence-corrected chi connectivity index (χ4v) is 4.02. The summed E-state index contributed by atoms with van der Waals surface area (Å²) in [6.07, 6.45) is 0.115. The van der Waals surface area contributed by atoms with Crippen LogP contribution in [0.1, 0.15) is 25.0 Å². The van der Waals surface area contributed by atoms with E-state index in [0.29, 0.717) is 28.0 Å². The number of hydrogen-bond acceptors (Lipinski definition) is 8. The van der Waals surface area contributed by atoms with E-state index in [0.717, 1.165) is 6.20 Å². The predicted molar refractivity (Wildman–Crippen MR) is 119 cm³/mol. The molecule has 0 radical (unpaired) electrons. The van der Waals surface area contributed by atoms with Crippen LogP contribution in [0.5, 0.6) is 5.88 Å². The molecule has 3 N–H and O–H groups in total. The van der Waals surface area contributed by atoms with Crippen LogP contribution in [-0.2, 0) is 12.0 Å². The van der Waals surface area contributed by atoms with Crippen molar-refractivity contribution in [2.24, 2.45) is 0 Å². The third kappa shape index (κ3) is 3.62. The molecule has 0 saturated heterocycles. The van der Waals surface area contributed by atoms with Gasteiger partial charge in [0.05, 0.1) is 30.3 Å². The third-order valence-electron chi connectivity index (χ3n) is 5.85. The van der Waals surface area contributed by atoms with Crippen molar-refractivity contribution >= 4 is 16.9 Å². The highest BCUT2D eigenvalue weighted by Gasteiger charge is 2.43. The second-order valence-electron chi connectivity index (χ2n) is 8.54. The van der Waals surface area contributed by atoms with Gasteiger partial charge in [-0.3, -0.25) is 0 Å². The molecule has 3 aromatic heterocycles. The first-order chi connectivity index (χ1) is 16.3. The number of aliphatic hydroxyl groups excluding tert-OH is 2. The maximum absolute atomic E-state index is 14.3. The fourth-order valence-electron chi connectivity index (χ4n) is 4.02. The lowest BCUT2D eigenvalue weighted by Crippen LogP contribution is -2.33. The highest BCUT2D eigenvalue weighted by molar-refractivity contribution is 5.89. The number of nitrogens with zero attached hydrogens (tertiary/aromatic N) is 5. The minimum atomic E-state index is -0.946. The Bertz CT molecular complexity index is 1390. The minimum Gasteiger partial charge on any atom is -0.475 e. The SMILES string of the molecule is CC1(C)c2c(nc(-c3nn(Cc4ccccc4F)c4ncc(F)cc34)nc2OCCO)NC1O. The summed E-state index contributed by atoms with van der Waals surface area (Å²) in [5.41, 5.74) is 0.721. The molecule has 1 aliphatic rings. The molecule has 1 aromatic carbocycles. The van der Waals surface area contributed by atoms with E-state index in [4.69, 9.17) is 4.74 Å². The topological polar surface area (TPSA) is 118 Å². The lowest BCUT2D eigenvalue weighted by Gasteiger charge is -2.23. The van der Waals surface area contributed by atoms with E-state index in [-0.39, 0.29) is 37.2 Å². The molecule has 176 valence electrons. The first-order valence-corrected chi connectivity index (χ1v) is 10.7.